The fourth-order valence-electron chi connectivity index (χ4n) is 0.0713. The van der Waals surface area contributed by atoms with Crippen LogP contribution in [0.3, 0.4) is 0 Å². The van der Waals surface area contributed by atoms with Crippen LogP contribution in [0.1, 0.15) is 0 Å². The van der Waals surface area contributed by atoms with E-state index in [1.807, 2.05) is 0 Å². The van der Waals surface area contributed by atoms with Crippen molar-refractivity contribution in [2.24, 2.45) is 0 Å². The van der Waals surface area contributed by atoms with E-state index < -0.39 is 12.3 Å². The van der Waals surface area contributed by atoms with Crippen LogP contribution in [0.15, 0.2) is 0 Å². The molecule has 0 rings (SSSR count). The van der Waals surface area contributed by atoms with Crippen molar-refractivity contribution >= 4 is 12.3 Å². The summed E-state index contributed by atoms with van der Waals surface area (Å²) in [6, 6.07) is 0. The van der Waals surface area contributed by atoms with Gasteiger partial charge in [-0.05, 0) is 0 Å². The minimum atomic E-state index is -2.06. The van der Waals surface area contributed by atoms with Crippen LogP contribution in [0.2, 0.25) is 0 Å². The zero-order valence-electron chi connectivity index (χ0n) is 4.49. The molecule has 0 aromatic rings. The predicted octanol–water partition coefficient (Wildman–Crippen LogP) is -0.816. The first-order valence-electron chi connectivity index (χ1n) is 1.24. The molecule has 0 aromatic heterocycles. The van der Waals surface area contributed by atoms with Gasteiger partial charge in [0.05, 0.1) is 0 Å². The van der Waals surface area contributed by atoms with Gasteiger partial charge in [-0.3, -0.25) is 0 Å². The fourth-order valence-corrected chi connectivity index (χ4v) is 0.0713. The summed E-state index contributed by atoms with van der Waals surface area (Å²) in [4.78, 5) is 18.3. The van der Waals surface area contributed by atoms with Crippen molar-refractivity contribution < 1.29 is 44.0 Å². The van der Waals surface area contributed by atoms with Crippen molar-refractivity contribution in [2.75, 3.05) is 0 Å². The average Bonchev–Trinajstić information content (AvgIpc) is 1.27. The van der Waals surface area contributed by atoms with Gasteiger partial charge in [-0.1, -0.05) is 0 Å². The molecule has 6 nitrogen and oxygen atoms in total. The van der Waals surface area contributed by atoms with E-state index in [2.05, 4.69) is 4.74 Å². The van der Waals surface area contributed by atoms with Crippen molar-refractivity contribution in [2.45, 2.75) is 0 Å². The summed E-state index contributed by atoms with van der Waals surface area (Å²) >= 11 is 0. The summed E-state index contributed by atoms with van der Waals surface area (Å²) in [7, 11) is 0. The predicted molar refractivity (Wildman–Crippen MR) is 19.5 cm³/mol. The Balaban J connectivity index is -0.000000180. The number of ether oxygens (including phenoxy) is 1. The first kappa shape index (κ1) is 15.8. The van der Waals surface area contributed by atoms with E-state index in [0.29, 0.717) is 0 Å². The summed E-state index contributed by atoms with van der Waals surface area (Å²) in [5.41, 5.74) is 0. The first-order valence-corrected chi connectivity index (χ1v) is 1.24. The molecular formula is C2H4NO5Zn. The molecule has 9 heavy (non-hydrogen) atoms. The number of carbonyl (C=O) groups excluding carboxylic acids is 1. The van der Waals surface area contributed by atoms with Gasteiger partial charge in [0.15, 0.2) is 0 Å². The quantitative estimate of drug-likeness (QED) is 0.290. The van der Waals surface area contributed by atoms with Gasteiger partial charge in [0.1, 0.15) is 0 Å². The molecule has 1 radical (unpaired) electrons. The topological polar surface area (TPSA) is 122 Å². The molecule has 4 N–H and O–H groups in total. The third-order valence-electron chi connectivity index (χ3n) is 0.171. The van der Waals surface area contributed by atoms with Crippen molar-refractivity contribution in [1.82, 2.24) is 6.15 Å². The van der Waals surface area contributed by atoms with Crippen LogP contribution < -0.4 is 11.3 Å². The smallest absolute Gasteiger partial charge is 0.464 e. The van der Waals surface area contributed by atoms with Crippen LogP contribution in [-0.2, 0) is 24.2 Å². The van der Waals surface area contributed by atoms with Crippen molar-refractivity contribution in [3.05, 3.63) is 0 Å². The van der Waals surface area contributed by atoms with Gasteiger partial charge < -0.3 is 25.9 Å². The molecular weight excluding hydrogens is 183 g/mol. The van der Waals surface area contributed by atoms with E-state index in [1.54, 1.807) is 0 Å². The zero-order chi connectivity index (χ0) is 5.86. The fraction of sp³-hybridized carbons (Fsp3) is 0. The Bertz CT molecular complexity index is 91.1. The van der Waals surface area contributed by atoms with Gasteiger partial charge in [0.25, 0.3) is 6.16 Å². The van der Waals surface area contributed by atoms with E-state index in [-0.39, 0.29) is 25.6 Å². The van der Waals surface area contributed by atoms with Crippen LogP contribution in [0, 0.1) is 0 Å². The average molecular weight is 187 g/mol. The normalized spacial score (nSPS) is 5.78. The number of hydrogen-bond donors (Lipinski definition) is 2. The second-order valence-electron chi connectivity index (χ2n) is 0.618. The molecule has 0 amide bonds. The first-order chi connectivity index (χ1) is 3.13. The molecule has 49 valence electrons. The Morgan fingerprint density at radius 1 is 1.44 bits per heavy atom. The molecule has 0 saturated carbocycles. The van der Waals surface area contributed by atoms with E-state index in [0.717, 1.165) is 0 Å². The van der Waals surface area contributed by atoms with Crippen LogP contribution in [0.4, 0.5) is 9.59 Å². The third-order valence-corrected chi connectivity index (χ3v) is 0.171. The summed E-state index contributed by atoms with van der Waals surface area (Å²) in [6.07, 6.45) is -3.94. The third kappa shape index (κ3) is 18.8. The van der Waals surface area contributed by atoms with Crippen molar-refractivity contribution in [1.29, 1.82) is 0 Å². The molecule has 0 aliphatic heterocycles. The molecule has 0 fully saturated rings. The van der Waals surface area contributed by atoms with Gasteiger partial charge in [-0.25, -0.2) is 4.79 Å². The number of hydrogen-bond acceptors (Lipinski definition) is 5. The van der Waals surface area contributed by atoms with E-state index in [1.165, 1.54) is 0 Å². The number of carbonyl (C=O) groups is 2. The Kier molecular flexibility index (Phi) is 12.8. The van der Waals surface area contributed by atoms with Gasteiger partial charge in [-0.2, -0.15) is 0 Å². The van der Waals surface area contributed by atoms with Gasteiger partial charge >= 0.3 is 25.6 Å². The Morgan fingerprint density at radius 2 is 1.78 bits per heavy atom. The summed E-state index contributed by atoms with van der Waals surface area (Å²) in [5, 5.41) is 16.5. The molecule has 0 spiro atoms. The van der Waals surface area contributed by atoms with Crippen LogP contribution in [0.25, 0.3) is 0 Å². The Morgan fingerprint density at radius 3 is 1.78 bits per heavy atom. The van der Waals surface area contributed by atoms with Crippen LogP contribution in [-0.4, -0.2) is 17.4 Å². The molecule has 0 atom stereocenters. The largest absolute Gasteiger partial charge is 1.00 e. The van der Waals surface area contributed by atoms with E-state index >= 15 is 0 Å². The van der Waals surface area contributed by atoms with E-state index in [4.69, 9.17) is 19.8 Å². The Hall–Kier alpha value is -0.677. The maximum absolute atomic E-state index is 9.17. The standard InChI is InChI=1S/C2H2O5.H3N.Zn/c3-1(4)7-2(5)6;;/h(H,3,4)(H,5,6);1H3;/q;;+1/p-1. The summed E-state index contributed by atoms with van der Waals surface area (Å²) < 4.78 is 2.97. The SMILES string of the molecule is N.O=C([O-])OC(=O)O.[Zn+]. The maximum atomic E-state index is 9.17. The van der Waals surface area contributed by atoms with Crippen molar-refractivity contribution in [3.8, 4) is 0 Å². The molecule has 0 aromatic carbocycles. The monoisotopic (exact) mass is 186 g/mol. The second kappa shape index (κ2) is 7.32. The maximum Gasteiger partial charge on any atom is 1.00 e. The Labute approximate surface area is 63.1 Å². The number of rotatable bonds is 0. The molecule has 0 bridgehead atoms. The number of carboxylic acid groups (broad SMARTS) is 2. The molecule has 7 heteroatoms. The molecule has 0 saturated heterocycles. The minimum Gasteiger partial charge on any atom is -0.464 e. The van der Waals surface area contributed by atoms with Gasteiger partial charge in [-0.15, -0.1) is 0 Å². The molecule has 0 aliphatic carbocycles. The summed E-state index contributed by atoms with van der Waals surface area (Å²) in [5.74, 6) is 0. The van der Waals surface area contributed by atoms with Crippen molar-refractivity contribution in [3.63, 3.8) is 0 Å². The van der Waals surface area contributed by atoms with Gasteiger partial charge in [0, 0.05) is 0 Å². The van der Waals surface area contributed by atoms with E-state index in [9.17, 15) is 0 Å². The van der Waals surface area contributed by atoms with Crippen LogP contribution >= 0.6 is 0 Å². The molecule has 0 aliphatic rings. The molecule has 0 unspecified atom stereocenters. The van der Waals surface area contributed by atoms with Gasteiger partial charge in [0.2, 0.25) is 0 Å². The van der Waals surface area contributed by atoms with Crippen LogP contribution in [0.5, 0.6) is 0 Å². The minimum absolute atomic E-state index is 0. The second-order valence-corrected chi connectivity index (χ2v) is 0.618. The molecule has 0 heterocycles. The zero-order valence-corrected chi connectivity index (χ0v) is 7.46. The summed E-state index contributed by atoms with van der Waals surface area (Å²) in [6.45, 7) is 0.